The Bertz CT molecular complexity index is 516. The van der Waals surface area contributed by atoms with Gasteiger partial charge in [0.15, 0.2) is 0 Å². The van der Waals surface area contributed by atoms with E-state index in [0.29, 0.717) is 24.4 Å². The molecule has 0 unspecified atom stereocenters. The number of halogens is 3. The first-order valence-electron chi connectivity index (χ1n) is 4.85. The van der Waals surface area contributed by atoms with Gasteiger partial charge in [0.2, 0.25) is 5.89 Å². The highest BCUT2D eigenvalue weighted by atomic mass is 19.1. The monoisotopic (exact) mass is 242 g/mol. The Morgan fingerprint density at radius 3 is 2.47 bits per heavy atom. The number of nitrogens with one attached hydrogen (secondary N) is 1. The van der Waals surface area contributed by atoms with Crippen LogP contribution in [0.15, 0.2) is 22.8 Å². The lowest BCUT2D eigenvalue weighted by Gasteiger charge is -2.00. The fraction of sp³-hybridized carbons (Fsp3) is 0.182. The lowest BCUT2D eigenvalue weighted by atomic mass is 10.2. The highest BCUT2D eigenvalue weighted by Crippen LogP contribution is 2.26. The van der Waals surface area contributed by atoms with Crippen LogP contribution < -0.4 is 5.32 Å². The molecule has 0 aliphatic rings. The number of hydrogen-bond donors (Lipinski definition) is 1. The summed E-state index contributed by atoms with van der Waals surface area (Å²) in [4.78, 5) is 3.89. The van der Waals surface area contributed by atoms with Crippen LogP contribution in [-0.2, 0) is 6.54 Å². The molecule has 0 bridgehead atoms. The number of oxazole rings is 1. The zero-order valence-corrected chi connectivity index (χ0v) is 8.93. The second-order valence-corrected chi connectivity index (χ2v) is 3.42. The standard InChI is InChI=1S/C11H9F3N2O/c1-15-4-7-5-17-11(16-7)10-8(13)2-6(12)3-9(10)14/h2-3,5,15H,4H2,1H3. The maximum absolute atomic E-state index is 13.4. The predicted octanol–water partition coefficient (Wildman–Crippen LogP) is 2.48. The molecule has 1 N–H and O–H groups in total. The largest absolute Gasteiger partial charge is 0.444 e. The van der Waals surface area contributed by atoms with Crippen LogP contribution in [0.3, 0.4) is 0 Å². The summed E-state index contributed by atoms with van der Waals surface area (Å²) >= 11 is 0. The lowest BCUT2D eigenvalue weighted by molar-refractivity contribution is 0.524. The van der Waals surface area contributed by atoms with Crippen molar-refractivity contribution in [1.29, 1.82) is 0 Å². The van der Waals surface area contributed by atoms with E-state index in [2.05, 4.69) is 10.3 Å². The molecule has 17 heavy (non-hydrogen) atoms. The van der Waals surface area contributed by atoms with Crippen molar-refractivity contribution in [2.45, 2.75) is 6.54 Å². The molecule has 0 amide bonds. The molecule has 0 saturated heterocycles. The molecule has 0 radical (unpaired) electrons. The summed E-state index contributed by atoms with van der Waals surface area (Å²) in [7, 11) is 1.70. The van der Waals surface area contributed by atoms with E-state index in [4.69, 9.17) is 4.42 Å². The Morgan fingerprint density at radius 1 is 1.24 bits per heavy atom. The minimum absolute atomic E-state index is 0.203. The molecule has 1 aromatic carbocycles. The molecule has 90 valence electrons. The van der Waals surface area contributed by atoms with Gasteiger partial charge in [-0.3, -0.25) is 0 Å². The maximum Gasteiger partial charge on any atom is 0.232 e. The van der Waals surface area contributed by atoms with Gasteiger partial charge in [-0.05, 0) is 7.05 Å². The fourth-order valence-electron chi connectivity index (χ4n) is 1.43. The first-order chi connectivity index (χ1) is 8.11. The van der Waals surface area contributed by atoms with Gasteiger partial charge in [-0.1, -0.05) is 0 Å². The average molecular weight is 242 g/mol. The molecule has 0 fully saturated rings. The van der Waals surface area contributed by atoms with Gasteiger partial charge in [0, 0.05) is 18.7 Å². The number of rotatable bonds is 3. The molecule has 2 rings (SSSR count). The summed E-state index contributed by atoms with van der Waals surface area (Å²) in [5, 5.41) is 2.82. The SMILES string of the molecule is CNCc1coc(-c2c(F)cc(F)cc2F)n1. The predicted molar refractivity (Wildman–Crippen MR) is 54.6 cm³/mol. The minimum atomic E-state index is -1.04. The summed E-state index contributed by atoms with van der Waals surface area (Å²) in [6.07, 6.45) is 1.29. The van der Waals surface area contributed by atoms with Crippen LogP contribution in [0, 0.1) is 17.5 Å². The first-order valence-corrected chi connectivity index (χ1v) is 4.85. The van der Waals surface area contributed by atoms with Crippen LogP contribution in [0.5, 0.6) is 0 Å². The Hall–Kier alpha value is -1.82. The molecule has 3 nitrogen and oxygen atoms in total. The number of nitrogens with zero attached hydrogens (tertiary/aromatic N) is 1. The molecular weight excluding hydrogens is 233 g/mol. The van der Waals surface area contributed by atoms with Crippen LogP contribution in [0.4, 0.5) is 13.2 Å². The Morgan fingerprint density at radius 2 is 1.88 bits per heavy atom. The zero-order chi connectivity index (χ0) is 12.4. The normalized spacial score (nSPS) is 10.8. The van der Waals surface area contributed by atoms with Gasteiger partial charge >= 0.3 is 0 Å². The van der Waals surface area contributed by atoms with E-state index in [1.54, 1.807) is 7.05 Å². The van der Waals surface area contributed by atoms with Crippen LogP contribution in [0.25, 0.3) is 11.5 Å². The van der Waals surface area contributed by atoms with Crippen molar-refractivity contribution in [3.05, 3.63) is 41.5 Å². The molecule has 1 aromatic heterocycles. The van der Waals surface area contributed by atoms with Crippen molar-refractivity contribution < 1.29 is 17.6 Å². The summed E-state index contributed by atoms with van der Waals surface area (Å²) in [5.74, 6) is -3.27. The maximum atomic E-state index is 13.4. The molecule has 0 atom stereocenters. The molecule has 2 aromatic rings. The van der Waals surface area contributed by atoms with Crippen molar-refractivity contribution in [3.8, 4) is 11.5 Å². The molecule has 0 spiro atoms. The second-order valence-electron chi connectivity index (χ2n) is 3.42. The third-order valence-corrected chi connectivity index (χ3v) is 2.13. The lowest BCUT2D eigenvalue weighted by Crippen LogP contribution is -2.05. The van der Waals surface area contributed by atoms with E-state index in [1.165, 1.54) is 6.26 Å². The molecular formula is C11H9F3N2O. The van der Waals surface area contributed by atoms with Gasteiger partial charge in [-0.25, -0.2) is 18.2 Å². The Balaban J connectivity index is 2.45. The molecule has 1 heterocycles. The number of benzene rings is 1. The van der Waals surface area contributed by atoms with E-state index in [9.17, 15) is 13.2 Å². The summed E-state index contributed by atoms with van der Waals surface area (Å²) in [6, 6.07) is 1.17. The van der Waals surface area contributed by atoms with Gasteiger partial charge in [-0.2, -0.15) is 0 Å². The van der Waals surface area contributed by atoms with Crippen LogP contribution >= 0.6 is 0 Å². The van der Waals surface area contributed by atoms with Gasteiger partial charge in [0.1, 0.15) is 29.3 Å². The summed E-state index contributed by atoms with van der Waals surface area (Å²) in [5.41, 5.74) is 0.0411. The van der Waals surface area contributed by atoms with Crippen molar-refractivity contribution >= 4 is 0 Å². The first kappa shape index (κ1) is 11.7. The Kier molecular flexibility index (Phi) is 3.14. The summed E-state index contributed by atoms with van der Waals surface area (Å²) < 4.78 is 44.5. The van der Waals surface area contributed by atoms with E-state index < -0.39 is 23.0 Å². The van der Waals surface area contributed by atoms with Crippen LogP contribution in [-0.4, -0.2) is 12.0 Å². The van der Waals surface area contributed by atoms with Gasteiger partial charge in [0.05, 0.1) is 5.69 Å². The van der Waals surface area contributed by atoms with Crippen LogP contribution in [0.2, 0.25) is 0 Å². The molecule has 0 aliphatic heterocycles. The minimum Gasteiger partial charge on any atom is -0.444 e. The molecule has 0 aliphatic carbocycles. The third kappa shape index (κ3) is 2.31. The smallest absolute Gasteiger partial charge is 0.232 e. The van der Waals surface area contributed by atoms with Crippen molar-refractivity contribution in [2.75, 3.05) is 7.05 Å². The van der Waals surface area contributed by atoms with E-state index in [1.807, 2.05) is 0 Å². The number of hydrogen-bond acceptors (Lipinski definition) is 3. The van der Waals surface area contributed by atoms with E-state index in [0.717, 1.165) is 0 Å². The molecule has 6 heteroatoms. The van der Waals surface area contributed by atoms with Crippen molar-refractivity contribution in [1.82, 2.24) is 10.3 Å². The Labute approximate surface area is 95.3 Å². The van der Waals surface area contributed by atoms with Crippen molar-refractivity contribution in [3.63, 3.8) is 0 Å². The number of aromatic nitrogens is 1. The quantitative estimate of drug-likeness (QED) is 0.898. The molecule has 0 saturated carbocycles. The highest BCUT2D eigenvalue weighted by molar-refractivity contribution is 5.55. The third-order valence-electron chi connectivity index (χ3n) is 2.13. The second kappa shape index (κ2) is 4.58. The average Bonchev–Trinajstić information content (AvgIpc) is 2.65. The van der Waals surface area contributed by atoms with Gasteiger partial charge in [-0.15, -0.1) is 0 Å². The van der Waals surface area contributed by atoms with Gasteiger partial charge < -0.3 is 9.73 Å². The zero-order valence-electron chi connectivity index (χ0n) is 8.93. The van der Waals surface area contributed by atoms with Crippen molar-refractivity contribution in [2.24, 2.45) is 0 Å². The topological polar surface area (TPSA) is 38.1 Å². The van der Waals surface area contributed by atoms with E-state index >= 15 is 0 Å². The van der Waals surface area contributed by atoms with Gasteiger partial charge in [0.25, 0.3) is 0 Å². The highest BCUT2D eigenvalue weighted by Gasteiger charge is 2.18. The van der Waals surface area contributed by atoms with Crippen LogP contribution in [0.1, 0.15) is 5.69 Å². The fourth-order valence-corrected chi connectivity index (χ4v) is 1.43. The van der Waals surface area contributed by atoms with E-state index in [-0.39, 0.29) is 5.89 Å². The summed E-state index contributed by atoms with van der Waals surface area (Å²) in [6.45, 7) is 0.411.